The van der Waals surface area contributed by atoms with Crippen molar-refractivity contribution in [1.29, 1.82) is 0 Å². The van der Waals surface area contributed by atoms with Crippen LogP contribution in [-0.2, 0) is 19.6 Å². The molecule has 1 saturated heterocycles. The number of hydrogen-bond acceptors (Lipinski definition) is 5. The fourth-order valence-corrected chi connectivity index (χ4v) is 3.93. The second-order valence-corrected chi connectivity index (χ2v) is 7.99. The standard InChI is InChI=1S/C24H33N5O2.HI/c1-3-28-10-12-29(13-11-28)17-20-6-4-19(5-7-20)15-26-24(25-2)27-16-21-8-9-22-23(14-21)31-18-30-22;/h4-9,14H,3,10-13,15-18H2,1-2H3,(H2,25,26,27);1H. The third kappa shape index (κ3) is 6.73. The number of ether oxygens (including phenoxy) is 2. The zero-order chi connectivity index (χ0) is 21.5. The minimum absolute atomic E-state index is 0. The maximum atomic E-state index is 5.44. The molecule has 2 aliphatic heterocycles. The van der Waals surface area contributed by atoms with E-state index in [4.69, 9.17) is 9.47 Å². The van der Waals surface area contributed by atoms with Crippen molar-refractivity contribution in [2.45, 2.75) is 26.6 Å². The molecule has 0 bridgehead atoms. The molecule has 0 aromatic heterocycles. The Morgan fingerprint density at radius 1 is 0.844 bits per heavy atom. The van der Waals surface area contributed by atoms with Crippen molar-refractivity contribution < 1.29 is 9.47 Å². The molecule has 0 spiro atoms. The van der Waals surface area contributed by atoms with Crippen molar-refractivity contribution in [1.82, 2.24) is 20.4 Å². The summed E-state index contributed by atoms with van der Waals surface area (Å²) in [7, 11) is 1.79. The van der Waals surface area contributed by atoms with E-state index in [9.17, 15) is 0 Å². The summed E-state index contributed by atoms with van der Waals surface area (Å²) < 4.78 is 10.8. The molecular weight excluding hydrogens is 517 g/mol. The maximum Gasteiger partial charge on any atom is 0.231 e. The van der Waals surface area contributed by atoms with Crippen LogP contribution in [0.3, 0.4) is 0 Å². The van der Waals surface area contributed by atoms with E-state index in [1.165, 1.54) is 24.2 Å². The number of aliphatic imine (C=N–C) groups is 1. The summed E-state index contributed by atoms with van der Waals surface area (Å²) in [6.45, 7) is 10.8. The van der Waals surface area contributed by atoms with Gasteiger partial charge in [0.05, 0.1) is 0 Å². The van der Waals surface area contributed by atoms with Crippen LogP contribution < -0.4 is 20.1 Å². The number of halogens is 1. The summed E-state index contributed by atoms with van der Waals surface area (Å²) in [5, 5.41) is 6.74. The zero-order valence-electron chi connectivity index (χ0n) is 19.0. The van der Waals surface area contributed by atoms with E-state index in [1.807, 2.05) is 18.2 Å². The molecule has 1 fully saturated rings. The van der Waals surface area contributed by atoms with Crippen LogP contribution >= 0.6 is 24.0 Å². The molecule has 0 saturated carbocycles. The van der Waals surface area contributed by atoms with Crippen LogP contribution in [0.1, 0.15) is 23.6 Å². The molecule has 2 N–H and O–H groups in total. The third-order valence-corrected chi connectivity index (χ3v) is 5.92. The van der Waals surface area contributed by atoms with Gasteiger partial charge >= 0.3 is 0 Å². The molecule has 0 radical (unpaired) electrons. The summed E-state index contributed by atoms with van der Waals surface area (Å²) in [6, 6.07) is 14.9. The highest BCUT2D eigenvalue weighted by atomic mass is 127. The molecule has 2 aliphatic rings. The lowest BCUT2D eigenvalue weighted by Gasteiger charge is -2.34. The van der Waals surface area contributed by atoms with E-state index in [-0.39, 0.29) is 24.0 Å². The Bertz CT molecular complexity index is 882. The highest BCUT2D eigenvalue weighted by Crippen LogP contribution is 2.32. The Kier molecular flexibility index (Phi) is 9.43. The summed E-state index contributed by atoms with van der Waals surface area (Å²) in [6.07, 6.45) is 0. The zero-order valence-corrected chi connectivity index (χ0v) is 21.3. The average molecular weight is 551 g/mol. The predicted molar refractivity (Wildman–Crippen MR) is 139 cm³/mol. The van der Waals surface area contributed by atoms with Gasteiger partial charge < -0.3 is 25.0 Å². The number of piperazine rings is 1. The lowest BCUT2D eigenvalue weighted by atomic mass is 10.1. The molecule has 0 aliphatic carbocycles. The van der Waals surface area contributed by atoms with Gasteiger partial charge in [0.1, 0.15) is 0 Å². The molecule has 0 unspecified atom stereocenters. The molecule has 4 rings (SSSR count). The molecule has 8 heteroatoms. The second kappa shape index (κ2) is 12.3. The number of hydrogen-bond donors (Lipinski definition) is 2. The molecule has 2 aromatic rings. The fraction of sp³-hybridized carbons (Fsp3) is 0.458. The SMILES string of the molecule is CCN1CCN(Cc2ccc(CNC(=NC)NCc3ccc4c(c3)OCO4)cc2)CC1.I. The van der Waals surface area contributed by atoms with Gasteiger partial charge in [0.2, 0.25) is 6.79 Å². The van der Waals surface area contributed by atoms with E-state index in [0.29, 0.717) is 13.3 Å². The Labute approximate surface area is 208 Å². The highest BCUT2D eigenvalue weighted by Gasteiger charge is 2.15. The van der Waals surface area contributed by atoms with Gasteiger partial charge in [-0.15, -0.1) is 24.0 Å². The van der Waals surface area contributed by atoms with Gasteiger partial charge in [0, 0.05) is 52.9 Å². The number of guanidine groups is 1. The number of rotatable bonds is 7. The van der Waals surface area contributed by atoms with Crippen molar-refractivity contribution in [3.05, 3.63) is 59.2 Å². The summed E-state index contributed by atoms with van der Waals surface area (Å²) in [5.41, 5.74) is 3.74. The lowest BCUT2D eigenvalue weighted by Crippen LogP contribution is -2.45. The largest absolute Gasteiger partial charge is 0.454 e. The first kappa shape index (κ1) is 24.6. The number of fused-ring (bicyclic) bond motifs is 1. The van der Waals surface area contributed by atoms with Gasteiger partial charge in [-0.05, 0) is 35.4 Å². The monoisotopic (exact) mass is 551 g/mol. The van der Waals surface area contributed by atoms with Crippen LogP contribution in [0.15, 0.2) is 47.5 Å². The van der Waals surface area contributed by atoms with E-state index < -0.39 is 0 Å². The van der Waals surface area contributed by atoms with E-state index in [1.54, 1.807) is 7.05 Å². The first-order valence-corrected chi connectivity index (χ1v) is 11.1. The topological polar surface area (TPSA) is 61.4 Å². The van der Waals surface area contributed by atoms with Gasteiger partial charge in [0.15, 0.2) is 17.5 Å². The highest BCUT2D eigenvalue weighted by molar-refractivity contribution is 14.0. The summed E-state index contributed by atoms with van der Waals surface area (Å²) in [4.78, 5) is 9.38. The first-order chi connectivity index (χ1) is 15.2. The number of likely N-dealkylation sites (N-methyl/N-ethyl adjacent to an activating group) is 1. The molecule has 32 heavy (non-hydrogen) atoms. The van der Waals surface area contributed by atoms with Crippen molar-refractivity contribution in [3.8, 4) is 11.5 Å². The van der Waals surface area contributed by atoms with Gasteiger partial charge in [-0.1, -0.05) is 37.3 Å². The van der Waals surface area contributed by atoms with Crippen LogP contribution in [0.5, 0.6) is 11.5 Å². The summed E-state index contributed by atoms with van der Waals surface area (Å²) >= 11 is 0. The maximum absolute atomic E-state index is 5.44. The number of nitrogens with zero attached hydrogens (tertiary/aromatic N) is 3. The predicted octanol–water partition coefficient (Wildman–Crippen LogP) is 3.04. The Morgan fingerprint density at radius 3 is 2.12 bits per heavy atom. The van der Waals surface area contributed by atoms with Crippen molar-refractivity contribution in [2.75, 3.05) is 46.6 Å². The van der Waals surface area contributed by atoms with Gasteiger partial charge in [-0.3, -0.25) is 9.89 Å². The van der Waals surface area contributed by atoms with Crippen LogP contribution in [-0.4, -0.2) is 62.3 Å². The van der Waals surface area contributed by atoms with Crippen molar-refractivity contribution >= 4 is 29.9 Å². The molecule has 0 atom stereocenters. The van der Waals surface area contributed by atoms with Crippen LogP contribution in [0.25, 0.3) is 0 Å². The molecule has 0 amide bonds. The molecular formula is C24H34IN5O2. The molecule has 2 heterocycles. The average Bonchev–Trinajstić information content (AvgIpc) is 3.29. The van der Waals surface area contributed by atoms with E-state index >= 15 is 0 Å². The van der Waals surface area contributed by atoms with E-state index in [2.05, 4.69) is 56.6 Å². The number of benzene rings is 2. The number of nitrogens with one attached hydrogen (secondary N) is 2. The van der Waals surface area contributed by atoms with Gasteiger partial charge in [0.25, 0.3) is 0 Å². The quantitative estimate of drug-likeness (QED) is 0.314. The minimum Gasteiger partial charge on any atom is -0.454 e. The van der Waals surface area contributed by atoms with E-state index in [0.717, 1.165) is 55.7 Å². The van der Waals surface area contributed by atoms with Crippen LogP contribution in [0, 0.1) is 0 Å². The fourth-order valence-electron chi connectivity index (χ4n) is 3.93. The lowest BCUT2D eigenvalue weighted by molar-refractivity contribution is 0.132. The first-order valence-electron chi connectivity index (χ1n) is 11.1. The van der Waals surface area contributed by atoms with Crippen molar-refractivity contribution in [3.63, 3.8) is 0 Å². The van der Waals surface area contributed by atoms with Crippen molar-refractivity contribution in [2.24, 2.45) is 4.99 Å². The molecule has 7 nitrogen and oxygen atoms in total. The Balaban J connectivity index is 0.00000289. The van der Waals surface area contributed by atoms with Crippen LogP contribution in [0.2, 0.25) is 0 Å². The second-order valence-electron chi connectivity index (χ2n) is 7.99. The van der Waals surface area contributed by atoms with Gasteiger partial charge in [-0.2, -0.15) is 0 Å². The summed E-state index contributed by atoms with van der Waals surface area (Å²) in [5.74, 6) is 2.38. The Hall–Kier alpha value is -2.04. The minimum atomic E-state index is 0. The normalized spacial score (nSPS) is 16.5. The van der Waals surface area contributed by atoms with Gasteiger partial charge in [-0.25, -0.2) is 0 Å². The van der Waals surface area contributed by atoms with Crippen LogP contribution in [0.4, 0.5) is 0 Å². The molecule has 2 aromatic carbocycles. The third-order valence-electron chi connectivity index (χ3n) is 5.92. The Morgan fingerprint density at radius 2 is 1.44 bits per heavy atom. The smallest absolute Gasteiger partial charge is 0.231 e. The molecule has 174 valence electrons.